The van der Waals surface area contributed by atoms with Crippen LogP contribution in [0.15, 0.2) is 83.8 Å². The van der Waals surface area contributed by atoms with E-state index in [0.717, 1.165) is 34.6 Å². The summed E-state index contributed by atoms with van der Waals surface area (Å²) in [6, 6.07) is 20.1. The van der Waals surface area contributed by atoms with Crippen LogP contribution in [-0.4, -0.2) is 26.0 Å². The van der Waals surface area contributed by atoms with Crippen molar-refractivity contribution in [1.82, 2.24) is 19.4 Å². The normalized spacial score (nSPS) is 14.9. The Balaban J connectivity index is 1.49. The first-order valence-electron chi connectivity index (χ1n) is 11.8. The summed E-state index contributed by atoms with van der Waals surface area (Å²) in [4.78, 5) is 25.3. The minimum atomic E-state index is -4.36. The molecule has 0 radical (unpaired) electrons. The molecular formula is C28H25F3N4O. The fourth-order valence-electron chi connectivity index (χ4n) is 4.79. The monoisotopic (exact) mass is 490 g/mol. The number of halogens is 3. The summed E-state index contributed by atoms with van der Waals surface area (Å²) in [5, 5.41) is 0. The Morgan fingerprint density at radius 3 is 2.36 bits per heavy atom. The van der Waals surface area contributed by atoms with E-state index in [-0.39, 0.29) is 5.56 Å². The van der Waals surface area contributed by atoms with Gasteiger partial charge in [0.1, 0.15) is 11.9 Å². The lowest BCUT2D eigenvalue weighted by molar-refractivity contribution is -0.137. The third-order valence-corrected chi connectivity index (χ3v) is 6.55. The number of rotatable bonds is 5. The van der Waals surface area contributed by atoms with Gasteiger partial charge in [-0.15, -0.1) is 0 Å². The van der Waals surface area contributed by atoms with Gasteiger partial charge in [-0.1, -0.05) is 48.5 Å². The molecular weight excluding hydrogens is 465 g/mol. The molecule has 36 heavy (non-hydrogen) atoms. The van der Waals surface area contributed by atoms with Crippen LogP contribution in [0.3, 0.4) is 0 Å². The Hall–Kier alpha value is -3.78. The van der Waals surface area contributed by atoms with Crippen LogP contribution in [0.5, 0.6) is 0 Å². The lowest BCUT2D eigenvalue weighted by Gasteiger charge is -2.30. The molecule has 0 saturated heterocycles. The molecule has 4 aromatic rings. The SMILES string of the molecule is Cc1nc2c(c(=O)n1C(c1ccccc1)c1ccccn1)CN(Cc1ccc(C(F)(F)F)cc1)CC2. The molecule has 0 aliphatic carbocycles. The highest BCUT2D eigenvalue weighted by Crippen LogP contribution is 2.30. The zero-order chi connectivity index (χ0) is 25.3. The molecule has 0 spiro atoms. The maximum absolute atomic E-state index is 13.9. The molecule has 184 valence electrons. The lowest BCUT2D eigenvalue weighted by Crippen LogP contribution is -2.40. The van der Waals surface area contributed by atoms with Gasteiger partial charge >= 0.3 is 6.18 Å². The van der Waals surface area contributed by atoms with Crippen LogP contribution >= 0.6 is 0 Å². The average Bonchev–Trinajstić information content (AvgIpc) is 2.88. The molecule has 0 saturated carbocycles. The van der Waals surface area contributed by atoms with Gasteiger partial charge in [0.15, 0.2) is 0 Å². The van der Waals surface area contributed by atoms with Crippen molar-refractivity contribution in [1.29, 1.82) is 0 Å². The van der Waals surface area contributed by atoms with Crippen molar-refractivity contribution in [2.75, 3.05) is 6.54 Å². The van der Waals surface area contributed by atoms with Crippen molar-refractivity contribution in [2.24, 2.45) is 0 Å². The highest BCUT2D eigenvalue weighted by molar-refractivity contribution is 5.32. The third-order valence-electron chi connectivity index (χ3n) is 6.55. The van der Waals surface area contributed by atoms with Crippen LogP contribution in [-0.2, 0) is 25.7 Å². The number of benzene rings is 2. The zero-order valence-corrected chi connectivity index (χ0v) is 19.7. The fraction of sp³-hybridized carbons (Fsp3) is 0.250. The molecule has 8 heteroatoms. The number of nitrogens with zero attached hydrogens (tertiary/aromatic N) is 4. The molecule has 0 N–H and O–H groups in total. The molecule has 3 heterocycles. The first kappa shape index (κ1) is 23.9. The number of hydrogen-bond acceptors (Lipinski definition) is 4. The van der Waals surface area contributed by atoms with Crippen molar-refractivity contribution >= 4 is 0 Å². The summed E-state index contributed by atoms with van der Waals surface area (Å²) in [6.07, 6.45) is -2.05. The predicted octanol–water partition coefficient (Wildman–Crippen LogP) is 5.16. The van der Waals surface area contributed by atoms with Crippen LogP contribution in [0, 0.1) is 6.92 Å². The summed E-state index contributed by atoms with van der Waals surface area (Å²) < 4.78 is 40.4. The topological polar surface area (TPSA) is 51.0 Å². The molecule has 0 bridgehead atoms. The molecule has 5 nitrogen and oxygen atoms in total. The molecule has 1 aliphatic rings. The largest absolute Gasteiger partial charge is 0.416 e. The lowest BCUT2D eigenvalue weighted by atomic mass is 10.0. The minimum absolute atomic E-state index is 0.117. The molecule has 5 rings (SSSR count). The highest BCUT2D eigenvalue weighted by atomic mass is 19.4. The van der Waals surface area contributed by atoms with Gasteiger partial charge in [0.05, 0.1) is 22.5 Å². The number of aryl methyl sites for hydroxylation is 1. The van der Waals surface area contributed by atoms with Gasteiger partial charge in [0.2, 0.25) is 0 Å². The number of pyridine rings is 1. The van der Waals surface area contributed by atoms with Crippen LogP contribution in [0.4, 0.5) is 13.2 Å². The van der Waals surface area contributed by atoms with Crippen LogP contribution in [0.25, 0.3) is 0 Å². The Bertz CT molecular complexity index is 1360. The second-order valence-electron chi connectivity index (χ2n) is 8.98. The molecule has 0 fully saturated rings. The maximum atomic E-state index is 13.9. The van der Waals surface area contributed by atoms with Gasteiger partial charge in [0.25, 0.3) is 5.56 Å². The van der Waals surface area contributed by atoms with E-state index in [9.17, 15) is 18.0 Å². The van der Waals surface area contributed by atoms with E-state index in [2.05, 4.69) is 9.88 Å². The van der Waals surface area contributed by atoms with E-state index >= 15 is 0 Å². The van der Waals surface area contributed by atoms with Crippen molar-refractivity contribution in [3.63, 3.8) is 0 Å². The van der Waals surface area contributed by atoms with Crippen molar-refractivity contribution in [2.45, 2.75) is 38.7 Å². The minimum Gasteiger partial charge on any atom is -0.294 e. The second-order valence-corrected chi connectivity index (χ2v) is 8.98. The van der Waals surface area contributed by atoms with E-state index in [1.807, 2.05) is 55.5 Å². The van der Waals surface area contributed by atoms with Gasteiger partial charge in [-0.25, -0.2) is 4.98 Å². The fourth-order valence-corrected chi connectivity index (χ4v) is 4.79. The molecule has 0 amide bonds. The summed E-state index contributed by atoms with van der Waals surface area (Å²) in [7, 11) is 0. The summed E-state index contributed by atoms with van der Waals surface area (Å²) in [5.74, 6) is 0.620. The van der Waals surface area contributed by atoms with Crippen LogP contribution in [0.2, 0.25) is 0 Å². The van der Waals surface area contributed by atoms with E-state index in [1.165, 1.54) is 12.1 Å². The molecule has 2 aromatic heterocycles. The first-order chi connectivity index (χ1) is 17.3. The van der Waals surface area contributed by atoms with E-state index in [1.54, 1.807) is 10.8 Å². The summed E-state index contributed by atoms with van der Waals surface area (Å²) >= 11 is 0. The maximum Gasteiger partial charge on any atom is 0.416 e. The van der Waals surface area contributed by atoms with Gasteiger partial charge in [0, 0.05) is 32.3 Å². The standard InChI is InChI=1S/C28H25F3N4O/c1-19-33-24-14-16-34(17-20-10-12-22(13-11-20)28(29,30)31)18-23(24)27(36)35(19)26(21-7-3-2-4-8-21)25-9-5-6-15-32-25/h2-13,15,26H,14,16-18H2,1H3. The van der Waals surface area contributed by atoms with Crippen LogP contribution in [0.1, 0.15) is 45.5 Å². The number of aromatic nitrogens is 3. The Kier molecular flexibility index (Phi) is 6.45. The molecule has 1 aliphatic heterocycles. The Labute approximate surface area is 206 Å². The number of hydrogen-bond donors (Lipinski definition) is 0. The Morgan fingerprint density at radius 1 is 0.972 bits per heavy atom. The zero-order valence-electron chi connectivity index (χ0n) is 19.7. The van der Waals surface area contributed by atoms with Crippen molar-refractivity contribution in [3.05, 3.63) is 129 Å². The van der Waals surface area contributed by atoms with Crippen molar-refractivity contribution < 1.29 is 13.2 Å². The van der Waals surface area contributed by atoms with Gasteiger partial charge < -0.3 is 0 Å². The van der Waals surface area contributed by atoms with E-state index < -0.39 is 17.8 Å². The van der Waals surface area contributed by atoms with Crippen molar-refractivity contribution in [3.8, 4) is 0 Å². The van der Waals surface area contributed by atoms with Gasteiger partial charge in [-0.3, -0.25) is 19.2 Å². The van der Waals surface area contributed by atoms with E-state index in [4.69, 9.17) is 4.98 Å². The van der Waals surface area contributed by atoms with E-state index in [0.29, 0.717) is 37.4 Å². The summed E-state index contributed by atoms with van der Waals surface area (Å²) in [6.45, 7) is 3.35. The smallest absolute Gasteiger partial charge is 0.294 e. The molecule has 2 aromatic carbocycles. The van der Waals surface area contributed by atoms with Crippen LogP contribution < -0.4 is 5.56 Å². The van der Waals surface area contributed by atoms with Gasteiger partial charge in [-0.05, 0) is 42.3 Å². The molecule has 1 unspecified atom stereocenters. The van der Waals surface area contributed by atoms with Gasteiger partial charge in [-0.2, -0.15) is 13.2 Å². The predicted molar refractivity (Wildman–Crippen MR) is 130 cm³/mol. The third kappa shape index (κ3) is 4.81. The first-order valence-corrected chi connectivity index (χ1v) is 11.8. The Morgan fingerprint density at radius 2 is 1.69 bits per heavy atom. The summed E-state index contributed by atoms with van der Waals surface area (Å²) in [5.41, 5.74) is 3.06. The number of alkyl halides is 3. The number of fused-ring (bicyclic) bond motifs is 1. The molecule has 1 atom stereocenters. The quantitative estimate of drug-likeness (QED) is 0.388. The highest BCUT2D eigenvalue weighted by Gasteiger charge is 2.30. The average molecular weight is 491 g/mol. The second kappa shape index (κ2) is 9.70.